The van der Waals surface area contributed by atoms with Gasteiger partial charge in [0, 0.05) is 0 Å². The fourth-order valence-corrected chi connectivity index (χ4v) is 2.95. The quantitative estimate of drug-likeness (QED) is 0.219. The van der Waals surface area contributed by atoms with Crippen LogP contribution in [0.5, 0.6) is 0 Å². The summed E-state index contributed by atoms with van der Waals surface area (Å²) in [6.45, 7) is 8.48. The Hall–Kier alpha value is -3.43. The minimum Gasteiger partial charge on any atom is -0.464 e. The molecule has 0 saturated heterocycles. The van der Waals surface area contributed by atoms with Crippen LogP contribution in [0.15, 0.2) is 30.3 Å². The molecule has 0 aliphatic heterocycles. The van der Waals surface area contributed by atoms with Crippen LogP contribution < -0.4 is 16.0 Å². The number of ether oxygens (including phenoxy) is 2. The van der Waals surface area contributed by atoms with E-state index in [1.807, 2.05) is 6.92 Å². The van der Waals surface area contributed by atoms with Crippen molar-refractivity contribution in [3.63, 3.8) is 0 Å². The molecule has 0 aliphatic rings. The van der Waals surface area contributed by atoms with Crippen LogP contribution >= 0.6 is 0 Å². The first-order chi connectivity index (χ1) is 16.5. The third kappa shape index (κ3) is 11.5. The number of nitrogens with one attached hydrogen (secondary N) is 3. The molecule has 0 bridgehead atoms. The van der Waals surface area contributed by atoms with Gasteiger partial charge in [0.1, 0.15) is 11.6 Å². The summed E-state index contributed by atoms with van der Waals surface area (Å²) in [6, 6.07) is 6.41. The van der Waals surface area contributed by atoms with Crippen LogP contribution in [0.2, 0.25) is 0 Å². The predicted molar refractivity (Wildman–Crippen MR) is 129 cm³/mol. The molecule has 3 N–H and O–H groups in total. The third-order valence-electron chi connectivity index (χ3n) is 4.63. The van der Waals surface area contributed by atoms with E-state index in [0.717, 1.165) is 6.42 Å². The highest BCUT2D eigenvalue weighted by molar-refractivity contribution is 6.38. The second-order valence-electron chi connectivity index (χ2n) is 8.97. The van der Waals surface area contributed by atoms with Crippen molar-refractivity contribution in [2.45, 2.75) is 78.0 Å². The fraction of sp³-hybridized carbons (Fsp3) is 0.560. The van der Waals surface area contributed by atoms with Gasteiger partial charge < -0.3 is 25.4 Å². The van der Waals surface area contributed by atoms with Crippen molar-refractivity contribution in [2.75, 3.05) is 13.2 Å². The maximum Gasteiger partial charge on any atom is 0.408 e. The molecule has 0 fully saturated rings. The highest BCUT2D eigenvalue weighted by Gasteiger charge is 2.29. The van der Waals surface area contributed by atoms with E-state index in [9.17, 15) is 24.0 Å². The predicted octanol–water partition coefficient (Wildman–Crippen LogP) is 2.57. The highest BCUT2D eigenvalue weighted by Crippen LogP contribution is 2.15. The largest absolute Gasteiger partial charge is 0.464 e. The number of amides is 3. The Kier molecular flexibility index (Phi) is 12.5. The van der Waals surface area contributed by atoms with Crippen molar-refractivity contribution >= 4 is 29.7 Å². The maximum absolute atomic E-state index is 12.6. The van der Waals surface area contributed by atoms with Crippen LogP contribution in [0.25, 0.3) is 0 Å². The summed E-state index contributed by atoms with van der Waals surface area (Å²) in [7, 11) is 0. The third-order valence-corrected chi connectivity index (χ3v) is 4.63. The number of esters is 1. The molecule has 3 amide bonds. The lowest BCUT2D eigenvalue weighted by Gasteiger charge is -2.22. The summed E-state index contributed by atoms with van der Waals surface area (Å²) in [5.41, 5.74) is -0.244. The first kappa shape index (κ1) is 29.6. The number of carbonyl (C=O) groups is 5. The number of carbonyl (C=O) groups excluding carboxylic acids is 5. The first-order valence-electron chi connectivity index (χ1n) is 11.8. The Balaban J connectivity index is 2.74. The van der Waals surface area contributed by atoms with Gasteiger partial charge in [-0.2, -0.15) is 0 Å². The van der Waals surface area contributed by atoms with Gasteiger partial charge in [-0.1, -0.05) is 57.0 Å². The van der Waals surface area contributed by atoms with Crippen LogP contribution in [-0.2, 0) is 28.7 Å². The summed E-state index contributed by atoms with van der Waals surface area (Å²) >= 11 is 0. The molecule has 10 nitrogen and oxygen atoms in total. The van der Waals surface area contributed by atoms with E-state index in [-0.39, 0.29) is 13.0 Å². The molecule has 0 spiro atoms. The van der Waals surface area contributed by atoms with Gasteiger partial charge >= 0.3 is 12.1 Å². The minimum absolute atomic E-state index is 0.220. The first-order valence-corrected chi connectivity index (χ1v) is 11.8. The number of Topliss-reactive ketones (excluding diaryl/α,β-unsaturated/α-hetero) is 1. The summed E-state index contributed by atoms with van der Waals surface area (Å²) < 4.78 is 10.4. The Bertz CT molecular complexity index is 866. The molecule has 2 atom stereocenters. The molecule has 35 heavy (non-hydrogen) atoms. The Labute approximate surface area is 206 Å². The Morgan fingerprint density at radius 1 is 0.943 bits per heavy atom. The van der Waals surface area contributed by atoms with Gasteiger partial charge in [0.2, 0.25) is 11.7 Å². The average Bonchev–Trinajstić information content (AvgIpc) is 2.79. The van der Waals surface area contributed by atoms with E-state index in [0.29, 0.717) is 18.4 Å². The summed E-state index contributed by atoms with van der Waals surface area (Å²) in [5, 5.41) is 7.19. The number of ketones is 1. The van der Waals surface area contributed by atoms with Crippen molar-refractivity contribution in [3.8, 4) is 0 Å². The molecule has 10 heteroatoms. The number of unbranched alkanes of at least 4 members (excludes halogenated alkanes) is 1. The molecular formula is C25H37N3O7. The number of benzene rings is 1. The van der Waals surface area contributed by atoms with Gasteiger partial charge in [-0.25, -0.2) is 9.59 Å². The molecule has 194 valence electrons. The molecule has 0 aromatic heterocycles. The number of hydrogen-bond donors (Lipinski definition) is 3. The van der Waals surface area contributed by atoms with Crippen molar-refractivity contribution in [3.05, 3.63) is 35.9 Å². The van der Waals surface area contributed by atoms with Crippen molar-refractivity contribution < 1.29 is 33.4 Å². The average molecular weight is 492 g/mol. The van der Waals surface area contributed by atoms with E-state index in [4.69, 9.17) is 9.47 Å². The Morgan fingerprint density at radius 3 is 2.17 bits per heavy atom. The standard InChI is InChI=1S/C25H37N3O7/c1-6-8-15-34-23(32)20(17-13-10-9-11-14-17)28-19(29)16-26-22(31)21(30)18(12-7-2)27-24(33)35-25(3,4)5/h9-11,13-14,18,20H,6-8,12,15-16H2,1-5H3,(H,26,31)(H,27,33)(H,28,29)/t18?,20-/m0/s1. The molecule has 0 radical (unpaired) electrons. The highest BCUT2D eigenvalue weighted by atomic mass is 16.6. The van der Waals surface area contributed by atoms with Crippen molar-refractivity contribution in [2.24, 2.45) is 0 Å². The molecule has 0 aliphatic carbocycles. The van der Waals surface area contributed by atoms with Crippen LogP contribution in [0, 0.1) is 0 Å². The van der Waals surface area contributed by atoms with Gasteiger partial charge in [-0.3, -0.25) is 14.4 Å². The van der Waals surface area contributed by atoms with Crippen LogP contribution in [0.4, 0.5) is 4.79 Å². The topological polar surface area (TPSA) is 140 Å². The monoisotopic (exact) mass is 491 g/mol. The molecule has 1 rings (SSSR count). The molecule has 1 unspecified atom stereocenters. The van der Waals surface area contributed by atoms with Gasteiger partial charge in [0.25, 0.3) is 5.91 Å². The lowest BCUT2D eigenvalue weighted by Crippen LogP contribution is -2.50. The van der Waals surface area contributed by atoms with E-state index < -0.39 is 53.9 Å². The smallest absolute Gasteiger partial charge is 0.408 e. The number of alkyl carbamates (subject to hydrolysis) is 1. The van der Waals surface area contributed by atoms with E-state index in [1.54, 1.807) is 58.0 Å². The SMILES string of the molecule is CCCCOC(=O)[C@@H](NC(=O)CNC(=O)C(=O)C(CCC)NC(=O)OC(C)(C)C)c1ccccc1. The van der Waals surface area contributed by atoms with Gasteiger partial charge in [0.15, 0.2) is 6.04 Å². The van der Waals surface area contributed by atoms with Gasteiger partial charge in [-0.15, -0.1) is 0 Å². The van der Waals surface area contributed by atoms with Crippen LogP contribution in [-0.4, -0.2) is 54.5 Å². The number of hydrogen-bond acceptors (Lipinski definition) is 7. The molecule has 1 aromatic carbocycles. The summed E-state index contributed by atoms with van der Waals surface area (Å²) in [5.74, 6) is -3.23. The lowest BCUT2D eigenvalue weighted by molar-refractivity contribution is -0.148. The van der Waals surface area contributed by atoms with Crippen LogP contribution in [0.3, 0.4) is 0 Å². The van der Waals surface area contributed by atoms with Gasteiger partial charge in [0.05, 0.1) is 13.2 Å². The molecule has 1 aromatic rings. The summed E-state index contributed by atoms with van der Waals surface area (Å²) in [4.78, 5) is 62.0. The van der Waals surface area contributed by atoms with Crippen molar-refractivity contribution in [1.29, 1.82) is 0 Å². The second-order valence-corrected chi connectivity index (χ2v) is 8.97. The minimum atomic E-state index is -1.09. The summed E-state index contributed by atoms with van der Waals surface area (Å²) in [6.07, 6.45) is 1.46. The fourth-order valence-electron chi connectivity index (χ4n) is 2.95. The second kappa shape index (κ2) is 14.7. The normalized spacial score (nSPS) is 12.6. The van der Waals surface area contributed by atoms with Gasteiger partial charge in [-0.05, 0) is 39.2 Å². The maximum atomic E-state index is 12.6. The zero-order valence-electron chi connectivity index (χ0n) is 21.1. The van der Waals surface area contributed by atoms with E-state index in [2.05, 4.69) is 16.0 Å². The zero-order chi connectivity index (χ0) is 26.4. The van der Waals surface area contributed by atoms with Crippen LogP contribution in [0.1, 0.15) is 71.9 Å². The van der Waals surface area contributed by atoms with E-state index >= 15 is 0 Å². The Morgan fingerprint density at radius 2 is 1.60 bits per heavy atom. The lowest BCUT2D eigenvalue weighted by atomic mass is 10.1. The van der Waals surface area contributed by atoms with E-state index in [1.165, 1.54) is 0 Å². The molecule has 0 heterocycles. The zero-order valence-corrected chi connectivity index (χ0v) is 21.1. The number of rotatable bonds is 13. The molecular weight excluding hydrogens is 454 g/mol. The molecule has 0 saturated carbocycles. The van der Waals surface area contributed by atoms with Crippen molar-refractivity contribution in [1.82, 2.24) is 16.0 Å².